The van der Waals surface area contributed by atoms with Crippen molar-refractivity contribution in [2.24, 2.45) is 7.05 Å². The summed E-state index contributed by atoms with van der Waals surface area (Å²) in [4.78, 5) is 15.0. The highest BCUT2D eigenvalue weighted by Crippen LogP contribution is 2.28. The molecule has 0 spiro atoms. The molecule has 0 aliphatic carbocycles. The van der Waals surface area contributed by atoms with Crippen LogP contribution in [-0.2, 0) is 18.3 Å². The molecule has 1 saturated heterocycles. The van der Waals surface area contributed by atoms with E-state index in [4.69, 9.17) is 0 Å². The smallest absolute Gasteiger partial charge is 0.227 e. The summed E-state index contributed by atoms with van der Waals surface area (Å²) in [6, 6.07) is 18.6. The number of amides is 1. The van der Waals surface area contributed by atoms with Crippen LogP contribution >= 0.6 is 11.8 Å². The molecule has 1 amide bonds. The number of carbonyl (C=O) groups excluding carboxylic acids is 1. The van der Waals surface area contributed by atoms with Crippen LogP contribution < -0.4 is 0 Å². The molecule has 3 aromatic rings. The highest BCUT2D eigenvalue weighted by molar-refractivity contribution is 7.99. The average molecular weight is 421 g/mol. The van der Waals surface area contributed by atoms with Crippen molar-refractivity contribution in [1.29, 1.82) is 0 Å². The third-order valence-electron chi connectivity index (χ3n) is 5.70. The number of likely N-dealkylation sites (tertiary alicyclic amines) is 1. The zero-order valence-electron chi connectivity index (χ0n) is 17.6. The van der Waals surface area contributed by atoms with E-state index >= 15 is 0 Å². The Morgan fingerprint density at radius 3 is 2.53 bits per heavy atom. The van der Waals surface area contributed by atoms with E-state index in [-0.39, 0.29) is 11.8 Å². The van der Waals surface area contributed by atoms with Crippen LogP contribution in [0.2, 0.25) is 0 Å². The molecule has 156 valence electrons. The summed E-state index contributed by atoms with van der Waals surface area (Å²) >= 11 is 1.70. The Labute approximate surface area is 182 Å². The number of nitrogens with zero attached hydrogens (tertiary/aromatic N) is 4. The fraction of sp³-hybridized carbons (Fsp3) is 0.375. The van der Waals surface area contributed by atoms with Gasteiger partial charge in [0.25, 0.3) is 0 Å². The number of piperidine rings is 1. The zero-order chi connectivity index (χ0) is 20.9. The quantitative estimate of drug-likeness (QED) is 0.549. The minimum Gasteiger partial charge on any atom is -0.342 e. The van der Waals surface area contributed by atoms with E-state index in [1.54, 1.807) is 11.8 Å². The van der Waals surface area contributed by atoms with Crippen molar-refractivity contribution in [2.45, 2.75) is 37.3 Å². The van der Waals surface area contributed by atoms with E-state index in [9.17, 15) is 4.79 Å². The van der Waals surface area contributed by atoms with Crippen LogP contribution in [0.25, 0.3) is 11.1 Å². The lowest BCUT2D eigenvalue weighted by Crippen LogP contribution is -2.40. The van der Waals surface area contributed by atoms with Crippen molar-refractivity contribution < 1.29 is 4.79 Å². The van der Waals surface area contributed by atoms with Crippen LogP contribution in [0.3, 0.4) is 0 Å². The van der Waals surface area contributed by atoms with Crippen LogP contribution in [0, 0.1) is 0 Å². The minimum absolute atomic E-state index is 0.192. The van der Waals surface area contributed by atoms with Crippen molar-refractivity contribution in [3.05, 3.63) is 66.0 Å². The Hall–Kier alpha value is -2.60. The summed E-state index contributed by atoms with van der Waals surface area (Å²) in [7, 11) is 2.03. The first-order valence-corrected chi connectivity index (χ1v) is 11.6. The van der Waals surface area contributed by atoms with Crippen molar-refractivity contribution in [1.82, 2.24) is 19.7 Å². The van der Waals surface area contributed by atoms with Crippen LogP contribution in [0.5, 0.6) is 0 Å². The third kappa shape index (κ3) is 4.59. The first-order valence-electron chi connectivity index (χ1n) is 10.6. The molecule has 1 aliphatic rings. The summed E-state index contributed by atoms with van der Waals surface area (Å²) in [5, 5.41) is 9.71. The van der Waals surface area contributed by atoms with Gasteiger partial charge in [-0.3, -0.25) is 4.79 Å². The Bertz CT molecular complexity index is 984. The maximum atomic E-state index is 13.0. The standard InChI is InChI=1S/C24H28N4OS/c1-3-30-24-26-25-23(27(24)2)21-10-7-15-28(17-21)22(29)16-18-11-13-20(14-12-18)19-8-5-4-6-9-19/h4-6,8-9,11-14,21H,3,7,10,15-17H2,1-2H3/t21-/m1/s1. The van der Waals surface area contributed by atoms with E-state index in [1.807, 2.05) is 30.1 Å². The summed E-state index contributed by atoms with van der Waals surface area (Å²) in [5.41, 5.74) is 3.42. The molecule has 0 radical (unpaired) electrons. The molecule has 4 rings (SSSR count). The van der Waals surface area contributed by atoms with Gasteiger partial charge in [-0.15, -0.1) is 10.2 Å². The van der Waals surface area contributed by atoms with Gasteiger partial charge in [0.2, 0.25) is 5.91 Å². The topological polar surface area (TPSA) is 51.0 Å². The van der Waals surface area contributed by atoms with E-state index in [2.05, 4.69) is 58.1 Å². The number of hydrogen-bond acceptors (Lipinski definition) is 4. The van der Waals surface area contributed by atoms with Crippen molar-refractivity contribution >= 4 is 17.7 Å². The molecule has 1 fully saturated rings. The Kier molecular flexibility index (Phi) is 6.53. The zero-order valence-corrected chi connectivity index (χ0v) is 18.4. The molecule has 5 nitrogen and oxygen atoms in total. The predicted octanol–water partition coefficient (Wildman–Crippen LogP) is 4.54. The van der Waals surface area contributed by atoms with Gasteiger partial charge in [-0.2, -0.15) is 0 Å². The van der Waals surface area contributed by atoms with Gasteiger partial charge in [0, 0.05) is 26.1 Å². The molecule has 2 aromatic carbocycles. The molecule has 0 unspecified atom stereocenters. The van der Waals surface area contributed by atoms with E-state index in [0.717, 1.165) is 48.2 Å². The van der Waals surface area contributed by atoms with E-state index < -0.39 is 0 Å². The van der Waals surface area contributed by atoms with Crippen LogP contribution in [0.4, 0.5) is 0 Å². The van der Waals surface area contributed by atoms with E-state index in [1.165, 1.54) is 11.1 Å². The molecule has 6 heteroatoms. The minimum atomic E-state index is 0.192. The lowest BCUT2D eigenvalue weighted by molar-refractivity contribution is -0.131. The van der Waals surface area contributed by atoms with Gasteiger partial charge >= 0.3 is 0 Å². The molecule has 2 heterocycles. The summed E-state index contributed by atoms with van der Waals surface area (Å²) in [6.07, 6.45) is 2.50. The van der Waals surface area contributed by atoms with Gasteiger partial charge in [0.1, 0.15) is 5.82 Å². The molecule has 1 aromatic heterocycles. The van der Waals surface area contributed by atoms with Crippen LogP contribution in [0.1, 0.15) is 37.1 Å². The first kappa shape index (κ1) is 20.7. The van der Waals surface area contributed by atoms with Gasteiger partial charge in [0.15, 0.2) is 5.16 Å². The fourth-order valence-electron chi connectivity index (χ4n) is 4.08. The predicted molar refractivity (Wildman–Crippen MR) is 122 cm³/mol. The lowest BCUT2D eigenvalue weighted by Gasteiger charge is -2.32. The number of aromatic nitrogens is 3. The van der Waals surface area contributed by atoms with Crippen molar-refractivity contribution in [2.75, 3.05) is 18.8 Å². The summed E-state index contributed by atoms with van der Waals surface area (Å²) in [5.74, 6) is 2.42. The Balaban J connectivity index is 1.40. The van der Waals surface area contributed by atoms with Gasteiger partial charge < -0.3 is 9.47 Å². The van der Waals surface area contributed by atoms with Crippen molar-refractivity contribution in [3.63, 3.8) is 0 Å². The van der Waals surface area contributed by atoms with Crippen LogP contribution in [-0.4, -0.2) is 44.4 Å². The third-order valence-corrected chi connectivity index (χ3v) is 6.60. The molecule has 0 N–H and O–H groups in total. The first-order chi connectivity index (χ1) is 14.7. The number of hydrogen-bond donors (Lipinski definition) is 0. The maximum absolute atomic E-state index is 13.0. The second kappa shape index (κ2) is 9.47. The number of rotatable bonds is 6. The average Bonchev–Trinajstić information content (AvgIpc) is 3.15. The van der Waals surface area contributed by atoms with Gasteiger partial charge in [-0.05, 0) is 35.3 Å². The molecule has 0 bridgehead atoms. The summed E-state index contributed by atoms with van der Waals surface area (Å²) in [6.45, 7) is 3.67. The Morgan fingerprint density at radius 1 is 1.07 bits per heavy atom. The lowest BCUT2D eigenvalue weighted by atomic mass is 9.96. The molecular formula is C24H28N4OS. The molecule has 0 saturated carbocycles. The highest BCUT2D eigenvalue weighted by atomic mass is 32.2. The van der Waals surface area contributed by atoms with Gasteiger partial charge in [-0.25, -0.2) is 0 Å². The SMILES string of the molecule is CCSc1nnc([C@@H]2CCCN(C(=O)Cc3ccc(-c4ccccc4)cc3)C2)n1C. The molecular weight excluding hydrogens is 392 g/mol. The molecule has 30 heavy (non-hydrogen) atoms. The number of carbonyl (C=O) groups is 1. The van der Waals surface area contributed by atoms with E-state index in [0.29, 0.717) is 6.42 Å². The monoisotopic (exact) mass is 420 g/mol. The number of thioether (sulfide) groups is 1. The summed E-state index contributed by atoms with van der Waals surface area (Å²) < 4.78 is 2.09. The second-order valence-corrected chi connectivity index (χ2v) is 8.98. The number of benzene rings is 2. The van der Waals surface area contributed by atoms with Crippen LogP contribution in [0.15, 0.2) is 59.8 Å². The fourth-order valence-corrected chi connectivity index (χ4v) is 4.73. The maximum Gasteiger partial charge on any atom is 0.227 e. The molecule has 1 aliphatic heterocycles. The normalized spacial score (nSPS) is 16.6. The highest BCUT2D eigenvalue weighted by Gasteiger charge is 2.28. The molecule has 1 atom stereocenters. The van der Waals surface area contributed by atoms with Gasteiger partial charge in [0.05, 0.1) is 6.42 Å². The van der Waals surface area contributed by atoms with Crippen molar-refractivity contribution in [3.8, 4) is 11.1 Å². The second-order valence-electron chi connectivity index (χ2n) is 7.75. The van der Waals surface area contributed by atoms with Gasteiger partial charge in [-0.1, -0.05) is 73.3 Å². The largest absolute Gasteiger partial charge is 0.342 e. The Morgan fingerprint density at radius 2 is 1.80 bits per heavy atom.